The van der Waals surface area contributed by atoms with Gasteiger partial charge in [0.05, 0.1) is 25.3 Å². The van der Waals surface area contributed by atoms with Crippen LogP contribution in [0.1, 0.15) is 32.3 Å². The lowest BCUT2D eigenvalue weighted by atomic mass is 10.0. The van der Waals surface area contributed by atoms with Gasteiger partial charge in [0.2, 0.25) is 5.91 Å². The Balaban J connectivity index is 1.28. The highest BCUT2D eigenvalue weighted by atomic mass is 19.1. The number of benzene rings is 2. The van der Waals surface area contributed by atoms with Gasteiger partial charge < -0.3 is 19.7 Å². The van der Waals surface area contributed by atoms with E-state index in [-0.39, 0.29) is 17.8 Å². The topological polar surface area (TPSA) is 79.5 Å². The zero-order valence-electron chi connectivity index (χ0n) is 19.6. The summed E-state index contributed by atoms with van der Waals surface area (Å²) in [5.41, 5.74) is 2.64. The molecule has 0 aliphatic carbocycles. The molecule has 1 fully saturated rings. The van der Waals surface area contributed by atoms with Crippen molar-refractivity contribution >= 4 is 11.7 Å². The van der Waals surface area contributed by atoms with Crippen LogP contribution in [-0.2, 0) is 11.2 Å². The minimum atomic E-state index is -0.259. The van der Waals surface area contributed by atoms with Crippen LogP contribution in [0.25, 0.3) is 11.3 Å². The van der Waals surface area contributed by atoms with Gasteiger partial charge in [-0.1, -0.05) is 6.07 Å². The first-order valence-electron chi connectivity index (χ1n) is 11.8. The van der Waals surface area contributed by atoms with E-state index in [0.717, 1.165) is 48.6 Å². The van der Waals surface area contributed by atoms with E-state index in [1.54, 1.807) is 12.1 Å². The number of ether oxygens (including phenoxy) is 2. The molecule has 2 aromatic carbocycles. The number of aromatic nitrogens is 2. The van der Waals surface area contributed by atoms with Crippen LogP contribution in [0.5, 0.6) is 11.5 Å². The normalized spacial score (nSPS) is 14.1. The molecule has 8 heteroatoms. The van der Waals surface area contributed by atoms with Gasteiger partial charge in [-0.25, -0.2) is 4.39 Å². The Hall–Kier alpha value is -3.55. The summed E-state index contributed by atoms with van der Waals surface area (Å²) >= 11 is 0. The summed E-state index contributed by atoms with van der Waals surface area (Å²) in [7, 11) is 0. The number of nitrogens with one attached hydrogen (secondary N) is 2. The molecule has 0 atom stereocenters. The summed E-state index contributed by atoms with van der Waals surface area (Å²) in [5, 5.41) is 10.6. The van der Waals surface area contributed by atoms with Crippen molar-refractivity contribution in [3.8, 4) is 22.8 Å². The summed E-state index contributed by atoms with van der Waals surface area (Å²) in [6, 6.07) is 14.1. The molecule has 1 aliphatic rings. The first-order valence-corrected chi connectivity index (χ1v) is 11.8. The zero-order chi connectivity index (χ0) is 23.9. The van der Waals surface area contributed by atoms with Crippen LogP contribution in [0.3, 0.4) is 0 Å². The number of anilines is 1. The molecule has 3 aromatic rings. The third-order valence-corrected chi connectivity index (χ3v) is 5.88. The van der Waals surface area contributed by atoms with Gasteiger partial charge in [-0.2, -0.15) is 5.10 Å². The van der Waals surface area contributed by atoms with E-state index in [2.05, 4.69) is 20.4 Å². The average Bonchev–Trinajstić information content (AvgIpc) is 3.32. The van der Waals surface area contributed by atoms with Crippen LogP contribution < -0.4 is 19.7 Å². The second-order valence-corrected chi connectivity index (χ2v) is 8.30. The SMILES string of the molecule is CCOc1ccc(CC(=O)NC2CCN(c3cc(-c4ccc(F)cc4)[nH]n3)CC2)cc1OCC. The van der Waals surface area contributed by atoms with E-state index in [0.29, 0.717) is 31.1 Å². The Morgan fingerprint density at radius 1 is 1.06 bits per heavy atom. The summed E-state index contributed by atoms with van der Waals surface area (Å²) in [6.45, 7) is 6.56. The van der Waals surface area contributed by atoms with Gasteiger partial charge in [0, 0.05) is 25.2 Å². The van der Waals surface area contributed by atoms with Crippen LogP contribution in [-0.4, -0.2) is 48.4 Å². The van der Waals surface area contributed by atoms with Crippen molar-refractivity contribution in [1.29, 1.82) is 0 Å². The van der Waals surface area contributed by atoms with Crippen molar-refractivity contribution in [2.45, 2.75) is 39.2 Å². The molecule has 1 saturated heterocycles. The maximum atomic E-state index is 13.2. The number of hydrogen-bond acceptors (Lipinski definition) is 5. The minimum absolute atomic E-state index is 0.00317. The fourth-order valence-electron chi connectivity index (χ4n) is 4.17. The Labute approximate surface area is 199 Å². The van der Waals surface area contributed by atoms with Gasteiger partial charge in [0.1, 0.15) is 5.82 Å². The fourth-order valence-corrected chi connectivity index (χ4v) is 4.17. The molecule has 0 bridgehead atoms. The van der Waals surface area contributed by atoms with E-state index in [4.69, 9.17) is 9.47 Å². The Morgan fingerprint density at radius 2 is 1.76 bits per heavy atom. The summed E-state index contributed by atoms with van der Waals surface area (Å²) < 4.78 is 24.4. The maximum Gasteiger partial charge on any atom is 0.224 e. The van der Waals surface area contributed by atoms with E-state index < -0.39 is 0 Å². The summed E-state index contributed by atoms with van der Waals surface area (Å²) in [5.74, 6) is 1.97. The Bertz CT molecular complexity index is 1090. The second kappa shape index (κ2) is 11.0. The average molecular weight is 467 g/mol. The molecule has 7 nitrogen and oxygen atoms in total. The molecule has 4 rings (SSSR count). The molecule has 0 spiro atoms. The number of piperidine rings is 1. The number of amides is 1. The molecule has 0 unspecified atom stereocenters. The number of aromatic amines is 1. The van der Waals surface area contributed by atoms with Crippen LogP contribution in [0.2, 0.25) is 0 Å². The van der Waals surface area contributed by atoms with Gasteiger partial charge in [0.15, 0.2) is 17.3 Å². The lowest BCUT2D eigenvalue weighted by Crippen LogP contribution is -2.45. The highest BCUT2D eigenvalue weighted by Gasteiger charge is 2.22. The van der Waals surface area contributed by atoms with Crippen LogP contribution in [0, 0.1) is 5.82 Å². The van der Waals surface area contributed by atoms with Crippen LogP contribution in [0.15, 0.2) is 48.5 Å². The number of carbonyl (C=O) groups is 1. The Kier molecular flexibility index (Phi) is 7.67. The predicted molar refractivity (Wildman–Crippen MR) is 130 cm³/mol. The number of hydrogen-bond donors (Lipinski definition) is 2. The van der Waals surface area contributed by atoms with Gasteiger partial charge in [-0.15, -0.1) is 0 Å². The molecule has 1 amide bonds. The van der Waals surface area contributed by atoms with Crippen molar-refractivity contribution in [3.63, 3.8) is 0 Å². The number of halogens is 1. The van der Waals surface area contributed by atoms with E-state index in [1.807, 2.05) is 38.1 Å². The van der Waals surface area contributed by atoms with E-state index in [1.165, 1.54) is 12.1 Å². The number of rotatable bonds is 9. The molecule has 0 saturated carbocycles. The molecule has 2 heterocycles. The third-order valence-electron chi connectivity index (χ3n) is 5.88. The molecular weight excluding hydrogens is 435 g/mol. The van der Waals surface area contributed by atoms with Crippen LogP contribution in [0.4, 0.5) is 10.2 Å². The molecular formula is C26H31FN4O3. The van der Waals surface area contributed by atoms with Crippen molar-refractivity contribution in [1.82, 2.24) is 15.5 Å². The van der Waals surface area contributed by atoms with Crippen LogP contribution >= 0.6 is 0 Å². The highest BCUT2D eigenvalue weighted by molar-refractivity contribution is 5.79. The van der Waals surface area contributed by atoms with E-state index >= 15 is 0 Å². The maximum absolute atomic E-state index is 13.2. The molecule has 34 heavy (non-hydrogen) atoms. The van der Waals surface area contributed by atoms with Crippen molar-refractivity contribution in [3.05, 3.63) is 59.9 Å². The molecule has 1 aromatic heterocycles. The number of H-pyrrole nitrogens is 1. The number of carbonyl (C=O) groups excluding carboxylic acids is 1. The summed E-state index contributed by atoms with van der Waals surface area (Å²) in [6.07, 6.45) is 1.99. The fraction of sp³-hybridized carbons (Fsp3) is 0.385. The van der Waals surface area contributed by atoms with Gasteiger partial charge in [-0.3, -0.25) is 9.89 Å². The minimum Gasteiger partial charge on any atom is -0.490 e. The third kappa shape index (κ3) is 5.87. The molecule has 180 valence electrons. The quantitative estimate of drug-likeness (QED) is 0.490. The number of nitrogens with zero attached hydrogens (tertiary/aromatic N) is 2. The summed E-state index contributed by atoms with van der Waals surface area (Å²) in [4.78, 5) is 14.9. The molecule has 1 aliphatic heterocycles. The predicted octanol–water partition coefficient (Wildman–Crippen LogP) is 4.34. The van der Waals surface area contributed by atoms with Gasteiger partial charge in [-0.05, 0) is 74.2 Å². The van der Waals surface area contributed by atoms with Gasteiger partial charge in [0.25, 0.3) is 0 Å². The van der Waals surface area contributed by atoms with Crippen molar-refractivity contribution in [2.24, 2.45) is 0 Å². The zero-order valence-corrected chi connectivity index (χ0v) is 19.6. The first-order chi connectivity index (χ1) is 16.6. The monoisotopic (exact) mass is 466 g/mol. The van der Waals surface area contributed by atoms with E-state index in [9.17, 15) is 9.18 Å². The second-order valence-electron chi connectivity index (χ2n) is 8.30. The van der Waals surface area contributed by atoms with Crippen molar-refractivity contribution in [2.75, 3.05) is 31.2 Å². The first kappa shape index (κ1) is 23.6. The standard InChI is InChI=1S/C26H31FN4O3/c1-3-33-23-10-5-18(15-24(23)34-4-2)16-26(32)28-21-11-13-31(14-12-21)25-17-22(29-30-25)19-6-8-20(27)9-7-19/h5-10,15,17,21H,3-4,11-14,16H2,1-2H3,(H,28,32)(H,29,30). The van der Waals surface area contributed by atoms with Crippen molar-refractivity contribution < 1.29 is 18.7 Å². The largest absolute Gasteiger partial charge is 0.490 e. The molecule has 2 N–H and O–H groups in total. The lowest BCUT2D eigenvalue weighted by Gasteiger charge is -2.32. The molecule has 0 radical (unpaired) electrons. The highest BCUT2D eigenvalue weighted by Crippen LogP contribution is 2.29. The Morgan fingerprint density at radius 3 is 2.47 bits per heavy atom. The smallest absolute Gasteiger partial charge is 0.224 e. The van der Waals surface area contributed by atoms with Gasteiger partial charge >= 0.3 is 0 Å². The lowest BCUT2D eigenvalue weighted by molar-refractivity contribution is -0.121.